The predicted octanol–water partition coefficient (Wildman–Crippen LogP) is 4.17. The highest BCUT2D eigenvalue weighted by molar-refractivity contribution is 6.30. The third-order valence-corrected chi connectivity index (χ3v) is 3.18. The molecule has 4 heteroatoms. The number of rotatable bonds is 3. The van der Waals surface area contributed by atoms with Gasteiger partial charge in [-0.15, -0.1) is 0 Å². The summed E-state index contributed by atoms with van der Waals surface area (Å²) in [5, 5.41) is 0.344. The molecule has 19 heavy (non-hydrogen) atoms. The first kappa shape index (κ1) is 14.0. The van der Waals surface area contributed by atoms with Gasteiger partial charge in [-0.3, -0.25) is 0 Å². The van der Waals surface area contributed by atoms with Crippen LogP contribution in [0.25, 0.3) is 0 Å². The van der Waals surface area contributed by atoms with Crippen LogP contribution in [0.2, 0.25) is 5.02 Å². The quantitative estimate of drug-likeness (QED) is 0.898. The first-order valence-electron chi connectivity index (χ1n) is 5.92. The van der Waals surface area contributed by atoms with Crippen molar-refractivity contribution >= 4 is 11.6 Å². The van der Waals surface area contributed by atoms with Crippen molar-refractivity contribution in [2.24, 2.45) is 5.73 Å². The van der Waals surface area contributed by atoms with Crippen molar-refractivity contribution in [2.45, 2.75) is 19.4 Å². The van der Waals surface area contributed by atoms with Crippen LogP contribution in [-0.4, -0.2) is 0 Å². The van der Waals surface area contributed by atoms with Gasteiger partial charge in [0.15, 0.2) is 0 Å². The topological polar surface area (TPSA) is 26.0 Å². The molecule has 0 radical (unpaired) electrons. The lowest BCUT2D eigenvalue weighted by Crippen LogP contribution is -2.14. The zero-order chi connectivity index (χ0) is 14.0. The molecular weight excluding hydrogens is 268 g/mol. The van der Waals surface area contributed by atoms with E-state index in [0.29, 0.717) is 22.6 Å². The Labute approximate surface area is 116 Å². The summed E-state index contributed by atoms with van der Waals surface area (Å²) in [5.41, 5.74) is 7.93. The van der Waals surface area contributed by atoms with Gasteiger partial charge in [-0.2, -0.15) is 0 Å². The minimum atomic E-state index is -0.454. The molecule has 2 N–H and O–H groups in total. The van der Waals surface area contributed by atoms with Crippen molar-refractivity contribution in [3.05, 3.63) is 69.7 Å². The fourth-order valence-electron chi connectivity index (χ4n) is 2.02. The van der Waals surface area contributed by atoms with Crippen LogP contribution in [0.4, 0.5) is 8.78 Å². The first-order valence-corrected chi connectivity index (χ1v) is 6.30. The highest BCUT2D eigenvalue weighted by Gasteiger charge is 2.12. The van der Waals surface area contributed by atoms with E-state index in [1.165, 1.54) is 18.2 Å². The number of hydrogen-bond donors (Lipinski definition) is 1. The van der Waals surface area contributed by atoms with Gasteiger partial charge in [0.25, 0.3) is 0 Å². The molecule has 0 spiro atoms. The van der Waals surface area contributed by atoms with E-state index >= 15 is 0 Å². The van der Waals surface area contributed by atoms with Crippen LogP contribution >= 0.6 is 11.6 Å². The Morgan fingerprint density at radius 2 is 1.89 bits per heavy atom. The molecule has 2 aromatic carbocycles. The molecule has 2 rings (SSSR count). The first-order chi connectivity index (χ1) is 8.95. The Kier molecular flexibility index (Phi) is 4.17. The molecule has 1 unspecified atom stereocenters. The highest BCUT2D eigenvalue weighted by atomic mass is 35.5. The zero-order valence-corrected chi connectivity index (χ0v) is 11.2. The summed E-state index contributed by atoms with van der Waals surface area (Å²) in [6, 6.07) is 8.63. The van der Waals surface area contributed by atoms with Crippen LogP contribution in [0.1, 0.15) is 22.7 Å². The second-order valence-electron chi connectivity index (χ2n) is 4.61. The summed E-state index contributed by atoms with van der Waals surface area (Å²) in [6.45, 7) is 1.79. The van der Waals surface area contributed by atoms with Crippen LogP contribution in [0, 0.1) is 18.6 Å². The third kappa shape index (κ3) is 3.52. The van der Waals surface area contributed by atoms with Gasteiger partial charge >= 0.3 is 0 Å². The minimum Gasteiger partial charge on any atom is -0.324 e. The molecular formula is C15H14ClF2N. The van der Waals surface area contributed by atoms with Crippen molar-refractivity contribution in [2.75, 3.05) is 0 Å². The fraction of sp³-hybridized carbons (Fsp3) is 0.200. The van der Waals surface area contributed by atoms with E-state index in [2.05, 4.69) is 0 Å². The average Bonchev–Trinajstić information content (AvgIpc) is 2.31. The molecule has 0 aliphatic carbocycles. The summed E-state index contributed by atoms with van der Waals surface area (Å²) in [4.78, 5) is 0. The van der Waals surface area contributed by atoms with Gasteiger partial charge in [0, 0.05) is 11.1 Å². The lowest BCUT2D eigenvalue weighted by Gasteiger charge is -2.14. The maximum Gasteiger partial charge on any atom is 0.127 e. The number of halogens is 3. The molecule has 100 valence electrons. The molecule has 2 aromatic rings. The van der Waals surface area contributed by atoms with Gasteiger partial charge in [0.1, 0.15) is 11.6 Å². The standard InChI is InChI=1S/C15H14ClF2N/c1-9-4-11(6-13(17)5-9)15(19)7-10-2-3-12(16)8-14(10)18/h2-6,8,15H,7,19H2,1H3. The minimum absolute atomic E-state index is 0.298. The third-order valence-electron chi connectivity index (χ3n) is 2.95. The number of benzene rings is 2. The Morgan fingerprint density at radius 3 is 2.53 bits per heavy atom. The second-order valence-corrected chi connectivity index (χ2v) is 5.04. The van der Waals surface area contributed by atoms with Crippen LogP contribution < -0.4 is 5.73 Å². The molecule has 1 atom stereocenters. The van der Waals surface area contributed by atoms with E-state index in [0.717, 1.165) is 5.56 Å². The average molecular weight is 282 g/mol. The molecule has 0 aliphatic heterocycles. The van der Waals surface area contributed by atoms with Crippen LogP contribution in [-0.2, 0) is 6.42 Å². The lowest BCUT2D eigenvalue weighted by atomic mass is 9.98. The van der Waals surface area contributed by atoms with Crippen LogP contribution in [0.5, 0.6) is 0 Å². The van der Waals surface area contributed by atoms with E-state index in [1.807, 2.05) is 6.07 Å². The summed E-state index contributed by atoms with van der Waals surface area (Å²) in [6.07, 6.45) is 0.298. The maximum absolute atomic E-state index is 13.7. The summed E-state index contributed by atoms with van der Waals surface area (Å²) >= 11 is 5.69. The Bertz CT molecular complexity index is 578. The highest BCUT2D eigenvalue weighted by Crippen LogP contribution is 2.22. The molecule has 0 aromatic heterocycles. The van der Waals surface area contributed by atoms with Gasteiger partial charge in [-0.1, -0.05) is 23.7 Å². The molecule has 0 heterocycles. The normalized spacial score (nSPS) is 12.5. The van der Waals surface area contributed by atoms with E-state index in [4.69, 9.17) is 17.3 Å². The molecule has 1 nitrogen and oxygen atoms in total. The van der Waals surface area contributed by atoms with Crippen molar-refractivity contribution in [1.82, 2.24) is 0 Å². The number of nitrogens with two attached hydrogens (primary N) is 1. The van der Waals surface area contributed by atoms with E-state index in [1.54, 1.807) is 19.1 Å². The monoisotopic (exact) mass is 281 g/mol. The van der Waals surface area contributed by atoms with Gasteiger partial charge < -0.3 is 5.73 Å². The lowest BCUT2D eigenvalue weighted by molar-refractivity contribution is 0.589. The van der Waals surface area contributed by atoms with Gasteiger partial charge in [0.05, 0.1) is 0 Å². The Hall–Kier alpha value is -1.45. The fourth-order valence-corrected chi connectivity index (χ4v) is 2.18. The molecule has 0 saturated heterocycles. The molecule has 0 saturated carbocycles. The molecule has 0 aliphatic rings. The molecule has 0 bridgehead atoms. The second kappa shape index (κ2) is 5.68. The van der Waals surface area contributed by atoms with Crippen molar-refractivity contribution in [1.29, 1.82) is 0 Å². The van der Waals surface area contributed by atoms with Gasteiger partial charge in [-0.25, -0.2) is 8.78 Å². The predicted molar refractivity (Wildman–Crippen MR) is 73.2 cm³/mol. The van der Waals surface area contributed by atoms with Crippen LogP contribution in [0.3, 0.4) is 0 Å². The molecule has 0 fully saturated rings. The Morgan fingerprint density at radius 1 is 1.16 bits per heavy atom. The SMILES string of the molecule is Cc1cc(F)cc(C(N)Cc2ccc(Cl)cc2F)c1. The molecule has 0 amide bonds. The van der Waals surface area contributed by atoms with Crippen molar-refractivity contribution in [3.63, 3.8) is 0 Å². The smallest absolute Gasteiger partial charge is 0.127 e. The summed E-state index contributed by atoms with van der Waals surface area (Å²) in [7, 11) is 0. The van der Waals surface area contributed by atoms with Gasteiger partial charge in [-0.05, 0) is 54.3 Å². The summed E-state index contributed by atoms with van der Waals surface area (Å²) in [5.74, 6) is -0.724. The van der Waals surface area contributed by atoms with E-state index in [9.17, 15) is 8.78 Å². The van der Waals surface area contributed by atoms with Crippen LogP contribution in [0.15, 0.2) is 36.4 Å². The van der Waals surface area contributed by atoms with E-state index in [-0.39, 0.29) is 5.82 Å². The van der Waals surface area contributed by atoms with Crippen molar-refractivity contribution in [3.8, 4) is 0 Å². The Balaban J connectivity index is 2.22. The largest absolute Gasteiger partial charge is 0.324 e. The van der Waals surface area contributed by atoms with Crippen molar-refractivity contribution < 1.29 is 8.78 Å². The maximum atomic E-state index is 13.7. The zero-order valence-electron chi connectivity index (χ0n) is 10.5. The number of hydrogen-bond acceptors (Lipinski definition) is 1. The van der Waals surface area contributed by atoms with E-state index < -0.39 is 11.9 Å². The van der Waals surface area contributed by atoms with Gasteiger partial charge in [0.2, 0.25) is 0 Å². The summed E-state index contributed by atoms with van der Waals surface area (Å²) < 4.78 is 27.0. The number of aryl methyl sites for hydroxylation is 1.